The maximum Gasteiger partial charge on any atom is 4.00 e. The smallest absolute Gasteiger partial charge is 2.00 e. The third-order valence-electron chi connectivity index (χ3n) is 0. The van der Waals surface area contributed by atoms with Gasteiger partial charge in [0.15, 0.2) is 0 Å². The van der Waals surface area contributed by atoms with Crippen molar-refractivity contribution in [2.24, 2.45) is 0 Å². The van der Waals surface area contributed by atoms with Crippen molar-refractivity contribution in [2.75, 3.05) is 0 Å². The first kappa shape index (κ1) is 23.7. The molecule has 33 valence electrons. The van der Waals surface area contributed by atoms with E-state index in [1.165, 1.54) is 0 Å². The predicted octanol–water partition coefficient (Wildman–Crippen LogP) is -0.360. The van der Waals surface area contributed by atoms with Gasteiger partial charge in [0.1, 0.15) is 0 Å². The molecule has 0 bridgehead atoms. The number of hydrogen-bond donors (Lipinski definition) is 0. The molecular weight excluding hydrogens is 309 g/mol. The first-order valence-corrected chi connectivity index (χ1v) is 0.548. The molecule has 0 fully saturated rings. The van der Waals surface area contributed by atoms with Crippen LogP contribution in [0.15, 0.2) is 0 Å². The van der Waals surface area contributed by atoms with Gasteiger partial charge < -0.3 is 20.8 Å². The molecule has 0 heterocycles. The molecule has 7 heteroatoms. The van der Waals surface area contributed by atoms with Crippen LogP contribution in [-0.2, 0) is 31.7 Å². The van der Waals surface area contributed by atoms with Gasteiger partial charge in [0.05, 0.1) is 5.09 Å². The molecule has 5 nitrogen and oxygen atoms in total. The van der Waals surface area contributed by atoms with Crippen LogP contribution in [0.2, 0.25) is 0 Å². The molecule has 0 saturated carbocycles. The van der Waals surface area contributed by atoms with Crippen LogP contribution in [-0.4, -0.2) is 5.09 Å². The van der Waals surface area contributed by atoms with Crippen molar-refractivity contribution in [2.45, 2.75) is 0 Å². The summed E-state index contributed by atoms with van der Waals surface area (Å²) in [4.78, 5) is 8.25. The summed E-state index contributed by atoms with van der Waals surface area (Å²) in [5, 5.41) is 14.8. The van der Waals surface area contributed by atoms with Gasteiger partial charge in [-0.15, -0.1) is 0 Å². The third-order valence-corrected chi connectivity index (χ3v) is 0. The minimum absolute atomic E-state index is 0. The Morgan fingerprint density at radius 2 is 1.29 bits per heavy atom. The maximum absolute atomic E-state index is 8.25. The van der Waals surface area contributed by atoms with Gasteiger partial charge in [-0.2, -0.15) is 0 Å². The van der Waals surface area contributed by atoms with Crippen molar-refractivity contribution in [3.8, 4) is 0 Å². The maximum atomic E-state index is 8.25. The molecule has 0 aromatic rings. The summed E-state index contributed by atoms with van der Waals surface area (Å²) < 4.78 is 0. The Balaban J connectivity index is -0.0000000150. The Hall–Kier alpha value is 1.42. The second-order valence-corrected chi connectivity index (χ2v) is 0.224. The van der Waals surface area contributed by atoms with Gasteiger partial charge in [-0.3, -0.25) is 0 Å². The predicted molar refractivity (Wildman–Crippen MR) is 11.0 cm³/mol. The van der Waals surface area contributed by atoms with Gasteiger partial charge in [-0.25, -0.2) is 0 Å². The van der Waals surface area contributed by atoms with E-state index in [9.17, 15) is 0 Å². The first-order chi connectivity index (χ1) is 1.73. The summed E-state index contributed by atoms with van der Waals surface area (Å²) in [5.74, 6) is 0. The van der Waals surface area contributed by atoms with Crippen molar-refractivity contribution < 1.29 is 78.5 Å². The fourth-order valence-corrected chi connectivity index (χ4v) is 0. The van der Waals surface area contributed by atoms with Crippen LogP contribution >= 0.6 is 0 Å². The summed E-state index contributed by atoms with van der Waals surface area (Å²) in [5.41, 5.74) is 0. The molecule has 0 unspecified atom stereocenters. The van der Waals surface area contributed by atoms with E-state index >= 15 is 0 Å². The van der Waals surface area contributed by atoms with E-state index in [4.69, 9.17) is 15.3 Å². The van der Waals surface area contributed by atoms with Gasteiger partial charge in [0.2, 0.25) is 0 Å². The van der Waals surface area contributed by atoms with Crippen LogP contribution in [0.5, 0.6) is 0 Å². The zero-order chi connectivity index (χ0) is 3.58. The van der Waals surface area contributed by atoms with Crippen LogP contribution in [0.1, 0.15) is 0 Å². The second-order valence-electron chi connectivity index (χ2n) is 0.224. The van der Waals surface area contributed by atoms with E-state index in [2.05, 4.69) is 0 Å². The Morgan fingerprint density at radius 1 is 1.29 bits per heavy atom. The first-order valence-electron chi connectivity index (χ1n) is 0.548. The number of rotatable bonds is 0. The summed E-state index contributed by atoms with van der Waals surface area (Å²) in [6.07, 6.45) is 0. The largest absolute Gasteiger partial charge is 4.00 e. The van der Waals surface area contributed by atoms with E-state index < -0.39 is 5.09 Å². The van der Waals surface area contributed by atoms with E-state index in [0.717, 1.165) is 0 Å². The van der Waals surface area contributed by atoms with E-state index in [1.807, 2.05) is 0 Å². The average Bonchev–Trinajstić information content (AvgIpc) is 0.811. The molecule has 0 saturated heterocycles. The van der Waals surface area contributed by atoms with Crippen molar-refractivity contribution in [3.63, 3.8) is 0 Å². The zero-order valence-corrected chi connectivity index (χ0v) is 8.68. The van der Waals surface area contributed by atoms with E-state index in [0.29, 0.717) is 0 Å². The Bertz CT molecular complexity index is 34.7. The fraction of sp³-hybridized carbons (Fsp3) is 0. The van der Waals surface area contributed by atoms with Crippen LogP contribution < -0.4 is 0 Å². The van der Waals surface area contributed by atoms with Crippen LogP contribution in [0.25, 0.3) is 0 Å². The van der Waals surface area contributed by atoms with E-state index in [-0.39, 0.29) is 73.4 Å². The fourth-order valence-electron chi connectivity index (χ4n) is 0. The molecule has 0 aliphatic carbocycles. The normalized spacial score (nSPS) is 3.43. The Labute approximate surface area is 92.4 Å². The second kappa shape index (κ2) is 15.7. The molecule has 1 radical (unpaired) electrons. The zero-order valence-electron chi connectivity index (χ0n) is 3.08. The van der Waals surface area contributed by atoms with Crippen LogP contribution in [0, 0.1) is 57.1 Å². The topological polar surface area (TPSA) is 94.7 Å². The molecule has 0 aromatic carbocycles. The summed E-state index contributed by atoms with van der Waals surface area (Å²) in [6.45, 7) is 0. The monoisotopic (exact) mass is 308 g/mol. The average molecular weight is 309 g/mol. The van der Waals surface area contributed by atoms with Crippen LogP contribution in [0.3, 0.4) is 0 Å². The molecule has 0 aromatic heterocycles. The molecular formula is CeNO4Zr+4. The quantitative estimate of drug-likeness (QED) is 0.451. The van der Waals surface area contributed by atoms with Crippen molar-refractivity contribution in [1.29, 1.82) is 0 Å². The van der Waals surface area contributed by atoms with Gasteiger partial charge in [-0.1, -0.05) is 0 Å². The van der Waals surface area contributed by atoms with Gasteiger partial charge in [0.25, 0.3) is 0 Å². The van der Waals surface area contributed by atoms with Crippen molar-refractivity contribution in [1.82, 2.24) is 0 Å². The number of nitrogens with zero attached hydrogens (tertiary/aromatic N) is 1. The molecule has 0 aliphatic heterocycles. The minimum atomic E-state index is -1.75. The molecule has 0 rings (SSSR count). The minimum Gasteiger partial charge on any atom is -2.00 e. The van der Waals surface area contributed by atoms with Gasteiger partial charge >= 0.3 is 68.0 Å². The SMILES string of the molecule is O=[N+]([O-])[O-].[Ce+3].[O-2].[Zr+4]. The van der Waals surface area contributed by atoms with Crippen molar-refractivity contribution in [3.05, 3.63) is 15.3 Å². The molecule has 7 heavy (non-hydrogen) atoms. The Morgan fingerprint density at radius 3 is 1.29 bits per heavy atom. The molecule has 0 atom stereocenters. The molecule has 0 amide bonds. The Kier molecular flexibility index (Phi) is 53.1. The summed E-state index contributed by atoms with van der Waals surface area (Å²) in [6, 6.07) is 0. The third kappa shape index (κ3) is 108. The van der Waals surface area contributed by atoms with Gasteiger partial charge in [0, 0.05) is 0 Å². The summed E-state index contributed by atoms with van der Waals surface area (Å²) >= 11 is 0. The van der Waals surface area contributed by atoms with Gasteiger partial charge in [-0.05, 0) is 0 Å². The molecule has 0 aliphatic rings. The number of hydrogen-bond acceptors (Lipinski definition) is 3. The molecule has 0 spiro atoms. The van der Waals surface area contributed by atoms with Crippen LogP contribution in [0.4, 0.5) is 0 Å². The van der Waals surface area contributed by atoms with Crippen molar-refractivity contribution >= 4 is 0 Å². The molecule has 0 N–H and O–H groups in total. The standard InChI is InChI=1S/Ce.NO3.O.Zr/c;2-1(3)4;;/q+3;-1;-2;+4. The van der Waals surface area contributed by atoms with E-state index in [1.54, 1.807) is 0 Å². The summed E-state index contributed by atoms with van der Waals surface area (Å²) in [7, 11) is 0.